The van der Waals surface area contributed by atoms with Crippen molar-refractivity contribution < 1.29 is 19.6 Å². The minimum absolute atomic E-state index is 0.00175. The third-order valence-electron chi connectivity index (χ3n) is 8.65. The van der Waals surface area contributed by atoms with Crippen LogP contribution in [0.1, 0.15) is 52.4 Å². The minimum atomic E-state index is -0.284. The lowest BCUT2D eigenvalue weighted by atomic mass is 10.0. The Kier molecular flexibility index (Phi) is 12.5. The number of rotatable bonds is 17. The number of nitrogens with zero attached hydrogens (tertiary/aromatic N) is 3. The average Bonchev–Trinajstić information content (AvgIpc) is 3.18. The van der Waals surface area contributed by atoms with Gasteiger partial charge in [0, 0.05) is 17.2 Å². The van der Waals surface area contributed by atoms with Crippen molar-refractivity contribution in [2.45, 2.75) is 58.5 Å². The smallest absolute Gasteiger partial charge is 0.167 e. The maximum atomic E-state index is 11.2. The lowest BCUT2D eigenvalue weighted by molar-refractivity contribution is -0.303. The normalized spacial score (nSPS) is 11.7. The van der Waals surface area contributed by atoms with Gasteiger partial charge in [-0.1, -0.05) is 148 Å². The van der Waals surface area contributed by atoms with E-state index in [-0.39, 0.29) is 18.5 Å². The quantitative estimate of drug-likeness (QED) is 0.0583. The molecule has 7 nitrogen and oxygen atoms in total. The molecule has 6 aromatic rings. The second-order valence-corrected chi connectivity index (χ2v) is 12.7. The van der Waals surface area contributed by atoms with Crippen molar-refractivity contribution in [2.24, 2.45) is 0 Å². The van der Waals surface area contributed by atoms with Gasteiger partial charge in [0.1, 0.15) is 24.2 Å². The predicted octanol–water partition coefficient (Wildman–Crippen LogP) is 11.0. The summed E-state index contributed by atoms with van der Waals surface area (Å²) in [4.78, 5) is 25.3. The van der Waals surface area contributed by atoms with E-state index in [1.165, 1.54) is 25.7 Å². The Bertz CT molecular complexity index is 1850. The van der Waals surface area contributed by atoms with Crippen LogP contribution in [-0.2, 0) is 9.78 Å². The molecule has 5 aromatic carbocycles. The van der Waals surface area contributed by atoms with Crippen LogP contribution in [0.3, 0.4) is 0 Å². The van der Waals surface area contributed by atoms with E-state index in [4.69, 9.17) is 29.5 Å². The average molecular weight is 680 g/mol. The van der Waals surface area contributed by atoms with E-state index < -0.39 is 0 Å². The van der Waals surface area contributed by atoms with Gasteiger partial charge in [0.05, 0.1) is 12.2 Å². The molecule has 0 amide bonds. The van der Waals surface area contributed by atoms with E-state index in [2.05, 4.69) is 55.5 Å². The monoisotopic (exact) mass is 679 g/mol. The van der Waals surface area contributed by atoms with Crippen LogP contribution in [-0.4, -0.2) is 39.4 Å². The summed E-state index contributed by atoms with van der Waals surface area (Å²) in [6, 6.07) is 41.9. The van der Waals surface area contributed by atoms with Crippen molar-refractivity contribution in [3.8, 4) is 67.9 Å². The highest BCUT2D eigenvalue weighted by molar-refractivity contribution is 5.73. The number of phenols is 1. The molecule has 0 radical (unpaired) electrons. The van der Waals surface area contributed by atoms with E-state index >= 15 is 0 Å². The van der Waals surface area contributed by atoms with Crippen LogP contribution >= 0.6 is 0 Å². The SMILES string of the molecule is CCCCCCCCOOCC(C)Oc1ccc(-c2nc(-c3ccc(-c4ccccc4)cc3)nc(-c3ccc(-c4ccccc4)cc3)n2)c(O)c1. The predicted molar refractivity (Wildman–Crippen MR) is 204 cm³/mol. The summed E-state index contributed by atoms with van der Waals surface area (Å²) in [5.41, 5.74) is 6.62. The topological polar surface area (TPSA) is 86.6 Å². The zero-order valence-electron chi connectivity index (χ0n) is 29.4. The number of aromatic hydroxyl groups is 1. The maximum absolute atomic E-state index is 11.2. The third kappa shape index (κ3) is 9.87. The highest BCUT2D eigenvalue weighted by Gasteiger charge is 2.17. The van der Waals surface area contributed by atoms with Crippen LogP contribution in [0.5, 0.6) is 11.5 Å². The van der Waals surface area contributed by atoms with Crippen molar-refractivity contribution in [2.75, 3.05) is 13.2 Å². The van der Waals surface area contributed by atoms with E-state index in [9.17, 15) is 5.11 Å². The van der Waals surface area contributed by atoms with Gasteiger partial charge in [-0.05, 0) is 47.7 Å². The summed E-state index contributed by atoms with van der Waals surface area (Å²) < 4.78 is 6.02. The fourth-order valence-electron chi connectivity index (χ4n) is 5.82. The summed E-state index contributed by atoms with van der Waals surface area (Å²) in [5.74, 6) is 1.88. The van der Waals surface area contributed by atoms with Crippen LogP contribution in [0.15, 0.2) is 127 Å². The number of benzene rings is 5. The second-order valence-electron chi connectivity index (χ2n) is 12.7. The number of unbranched alkanes of at least 4 members (excludes halogenated alkanes) is 5. The summed E-state index contributed by atoms with van der Waals surface area (Å²) in [6.07, 6.45) is 6.87. The van der Waals surface area contributed by atoms with Gasteiger partial charge in [-0.15, -0.1) is 0 Å². The van der Waals surface area contributed by atoms with Crippen molar-refractivity contribution in [1.29, 1.82) is 0 Å². The number of hydrogen-bond acceptors (Lipinski definition) is 7. The largest absolute Gasteiger partial charge is 0.507 e. The van der Waals surface area contributed by atoms with Crippen LogP contribution in [0.4, 0.5) is 0 Å². The van der Waals surface area contributed by atoms with Crippen molar-refractivity contribution in [1.82, 2.24) is 15.0 Å². The Balaban J connectivity index is 1.20. The molecule has 0 aliphatic rings. The lowest BCUT2D eigenvalue weighted by Crippen LogP contribution is -2.19. The zero-order valence-corrected chi connectivity index (χ0v) is 29.4. The van der Waals surface area contributed by atoms with Crippen molar-refractivity contribution >= 4 is 0 Å². The number of phenolic OH excluding ortho intramolecular Hbond substituents is 1. The highest BCUT2D eigenvalue weighted by Crippen LogP contribution is 2.34. The summed E-state index contributed by atoms with van der Waals surface area (Å²) >= 11 is 0. The molecule has 0 saturated carbocycles. The van der Waals surface area contributed by atoms with Gasteiger partial charge in [0.15, 0.2) is 17.5 Å². The van der Waals surface area contributed by atoms with Gasteiger partial charge in [-0.3, -0.25) is 0 Å². The summed E-state index contributed by atoms with van der Waals surface area (Å²) in [5, 5.41) is 11.2. The van der Waals surface area contributed by atoms with Gasteiger partial charge >= 0.3 is 0 Å². The van der Waals surface area contributed by atoms with E-state index in [0.29, 0.717) is 35.4 Å². The van der Waals surface area contributed by atoms with E-state index in [1.807, 2.05) is 67.6 Å². The molecule has 260 valence electrons. The Morgan fingerprint density at radius 1 is 0.529 bits per heavy atom. The van der Waals surface area contributed by atoms with Gasteiger partial charge < -0.3 is 9.84 Å². The third-order valence-corrected chi connectivity index (χ3v) is 8.65. The molecule has 51 heavy (non-hydrogen) atoms. The van der Waals surface area contributed by atoms with Gasteiger partial charge in [-0.25, -0.2) is 24.7 Å². The first kappa shape index (κ1) is 35.5. The van der Waals surface area contributed by atoms with Crippen LogP contribution in [0, 0.1) is 0 Å². The Hall–Kier alpha value is -5.37. The first-order chi connectivity index (χ1) is 25.1. The molecule has 7 heteroatoms. The molecule has 1 N–H and O–H groups in total. The van der Waals surface area contributed by atoms with Crippen molar-refractivity contribution in [3.05, 3.63) is 127 Å². The van der Waals surface area contributed by atoms with Gasteiger partial charge in [0.2, 0.25) is 0 Å². The summed E-state index contributed by atoms with van der Waals surface area (Å²) in [7, 11) is 0. The molecule has 1 aromatic heterocycles. The Morgan fingerprint density at radius 3 is 1.57 bits per heavy atom. The van der Waals surface area contributed by atoms with Crippen LogP contribution < -0.4 is 4.74 Å². The highest BCUT2D eigenvalue weighted by atomic mass is 17.2. The molecule has 1 unspecified atom stereocenters. The zero-order chi connectivity index (χ0) is 35.3. The molecule has 0 saturated heterocycles. The lowest BCUT2D eigenvalue weighted by Gasteiger charge is -2.15. The maximum Gasteiger partial charge on any atom is 0.167 e. The first-order valence-electron chi connectivity index (χ1n) is 17.9. The molecule has 0 spiro atoms. The Morgan fingerprint density at radius 2 is 1.02 bits per heavy atom. The standard InChI is InChI=1S/C44H45N3O4/c1-3-4-5-6-7-14-29-49-50-31-32(2)51-39-27-28-40(41(48)30-39)44-46-42(37-23-19-35(20-24-37)33-15-10-8-11-16-33)45-43(47-44)38-25-21-36(22-26-38)34-17-12-9-13-18-34/h8-13,15-28,30,32,48H,3-7,14,29,31H2,1-2H3. The molecule has 6 rings (SSSR count). The van der Waals surface area contributed by atoms with Gasteiger partial charge in [-0.2, -0.15) is 0 Å². The fourth-order valence-corrected chi connectivity index (χ4v) is 5.82. The molecule has 0 aliphatic heterocycles. The molecule has 1 heterocycles. The number of aromatic nitrogens is 3. The van der Waals surface area contributed by atoms with E-state index in [0.717, 1.165) is 46.2 Å². The molecule has 0 fully saturated rings. The number of hydrogen-bond donors (Lipinski definition) is 1. The van der Waals surface area contributed by atoms with Crippen LogP contribution in [0.25, 0.3) is 56.4 Å². The van der Waals surface area contributed by atoms with E-state index in [1.54, 1.807) is 18.2 Å². The molecule has 1 atom stereocenters. The molecular formula is C44H45N3O4. The Labute approximate surface area is 300 Å². The van der Waals surface area contributed by atoms with Crippen molar-refractivity contribution in [3.63, 3.8) is 0 Å². The summed E-state index contributed by atoms with van der Waals surface area (Å²) in [6.45, 7) is 4.95. The fraction of sp³-hybridized carbons (Fsp3) is 0.250. The second kappa shape index (κ2) is 18.0. The molecule has 0 bridgehead atoms. The van der Waals surface area contributed by atoms with Gasteiger partial charge in [0.25, 0.3) is 0 Å². The minimum Gasteiger partial charge on any atom is -0.507 e. The first-order valence-corrected chi connectivity index (χ1v) is 17.9. The number of ether oxygens (including phenoxy) is 1. The molecule has 0 aliphatic carbocycles. The molecular weight excluding hydrogens is 635 g/mol. The van der Waals surface area contributed by atoms with Crippen LogP contribution in [0.2, 0.25) is 0 Å².